The van der Waals surface area contributed by atoms with Crippen LogP contribution in [0.2, 0.25) is 0 Å². The highest BCUT2D eigenvalue weighted by Crippen LogP contribution is 2.30. The Kier molecular flexibility index (Phi) is 7.60. The van der Waals surface area contributed by atoms with Gasteiger partial charge in [-0.2, -0.15) is 11.8 Å². The lowest BCUT2D eigenvalue weighted by Gasteiger charge is -2.27. The molecule has 0 radical (unpaired) electrons. The molecule has 0 aliphatic rings. The first-order valence-electron chi connectivity index (χ1n) is 5.48. The van der Waals surface area contributed by atoms with E-state index in [9.17, 15) is 0 Å². The molecular weight excluding hydrogens is 208 g/mol. The summed E-state index contributed by atoms with van der Waals surface area (Å²) in [5, 5.41) is 3.08. The van der Waals surface area contributed by atoms with E-state index >= 15 is 0 Å². The van der Waals surface area contributed by atoms with Crippen LogP contribution in [0.25, 0.3) is 0 Å². The molecule has 0 atom stereocenters. The molecule has 0 bridgehead atoms. The van der Waals surface area contributed by atoms with Gasteiger partial charge in [-0.3, -0.25) is 10.4 Å². The maximum atomic E-state index is 5.36. The Morgan fingerprint density at radius 3 is 2.27 bits per heavy atom. The second-order valence-electron chi connectivity index (χ2n) is 3.43. The number of nitrogens with zero attached hydrogens (tertiary/aromatic N) is 1. The quantitative estimate of drug-likeness (QED) is 0.280. The Morgan fingerprint density at radius 1 is 1.33 bits per heavy atom. The molecule has 0 heterocycles. The largest absolute Gasteiger partial charge is 0.356 e. The molecule has 4 N–H and O–H groups in total. The number of hydrogen-bond acceptors (Lipinski definition) is 3. The fourth-order valence-electron chi connectivity index (χ4n) is 1.37. The SMILES string of the molecule is CCNC(=NCC(CC)(CC)SC)NN. The maximum Gasteiger partial charge on any atom is 0.205 e. The molecule has 0 aromatic carbocycles. The second-order valence-corrected chi connectivity index (χ2v) is 4.71. The van der Waals surface area contributed by atoms with Gasteiger partial charge in [0.05, 0.1) is 6.54 Å². The van der Waals surface area contributed by atoms with Gasteiger partial charge in [0.25, 0.3) is 0 Å². The molecule has 0 unspecified atom stereocenters. The standard InChI is InChI=1S/C10H24N4S/c1-5-10(6-2,15-4)8-13-9(14-11)12-7-3/h5-8,11H2,1-4H3,(H2,12,13,14). The van der Waals surface area contributed by atoms with E-state index in [-0.39, 0.29) is 4.75 Å². The van der Waals surface area contributed by atoms with Crippen LogP contribution in [0.5, 0.6) is 0 Å². The van der Waals surface area contributed by atoms with Gasteiger partial charge in [-0.1, -0.05) is 13.8 Å². The number of nitrogens with two attached hydrogens (primary N) is 1. The summed E-state index contributed by atoms with van der Waals surface area (Å²) >= 11 is 1.88. The first-order valence-corrected chi connectivity index (χ1v) is 6.70. The molecule has 0 saturated heterocycles. The van der Waals surface area contributed by atoms with Crippen LogP contribution < -0.4 is 16.6 Å². The Balaban J connectivity index is 4.39. The average Bonchev–Trinajstić information content (AvgIpc) is 2.30. The summed E-state index contributed by atoms with van der Waals surface area (Å²) in [4.78, 5) is 4.47. The fourth-order valence-corrected chi connectivity index (χ4v) is 2.14. The predicted molar refractivity (Wildman–Crippen MR) is 70.1 cm³/mol. The zero-order chi connectivity index (χ0) is 11.7. The molecule has 0 aromatic heterocycles. The molecule has 15 heavy (non-hydrogen) atoms. The van der Waals surface area contributed by atoms with Crippen molar-refractivity contribution in [2.45, 2.75) is 38.4 Å². The molecule has 90 valence electrons. The van der Waals surface area contributed by atoms with E-state index < -0.39 is 0 Å². The summed E-state index contributed by atoms with van der Waals surface area (Å²) in [6, 6.07) is 0. The van der Waals surface area contributed by atoms with Gasteiger partial charge >= 0.3 is 0 Å². The fraction of sp³-hybridized carbons (Fsp3) is 0.900. The molecule has 5 heteroatoms. The summed E-state index contributed by atoms with van der Waals surface area (Å²) < 4.78 is 0.248. The molecule has 0 aliphatic carbocycles. The van der Waals surface area contributed by atoms with Gasteiger partial charge in [0.1, 0.15) is 0 Å². The van der Waals surface area contributed by atoms with E-state index in [0.29, 0.717) is 5.96 Å². The van der Waals surface area contributed by atoms with Crippen LogP contribution in [0.1, 0.15) is 33.6 Å². The van der Waals surface area contributed by atoms with Crippen molar-refractivity contribution in [1.29, 1.82) is 0 Å². The Morgan fingerprint density at radius 2 is 1.93 bits per heavy atom. The highest BCUT2D eigenvalue weighted by Gasteiger charge is 2.24. The van der Waals surface area contributed by atoms with Gasteiger partial charge in [0.2, 0.25) is 5.96 Å². The van der Waals surface area contributed by atoms with Crippen LogP contribution in [0.3, 0.4) is 0 Å². The van der Waals surface area contributed by atoms with E-state index in [0.717, 1.165) is 25.9 Å². The number of hydrogen-bond donors (Lipinski definition) is 3. The zero-order valence-electron chi connectivity index (χ0n) is 10.3. The van der Waals surface area contributed by atoms with Crippen molar-refractivity contribution >= 4 is 17.7 Å². The van der Waals surface area contributed by atoms with Crippen LogP contribution >= 0.6 is 11.8 Å². The van der Waals surface area contributed by atoms with Gasteiger partial charge in [-0.05, 0) is 26.0 Å². The van der Waals surface area contributed by atoms with Gasteiger partial charge in [0, 0.05) is 11.3 Å². The molecule has 0 aliphatic heterocycles. The summed E-state index contributed by atoms with van der Waals surface area (Å²) in [5.74, 6) is 6.04. The number of nitrogens with one attached hydrogen (secondary N) is 2. The summed E-state index contributed by atoms with van der Waals surface area (Å²) in [7, 11) is 0. The third kappa shape index (κ3) is 4.75. The Hall–Kier alpha value is -0.420. The van der Waals surface area contributed by atoms with Gasteiger partial charge in [-0.25, -0.2) is 5.84 Å². The maximum absolute atomic E-state index is 5.36. The average molecular weight is 232 g/mol. The number of thioether (sulfide) groups is 1. The lowest BCUT2D eigenvalue weighted by atomic mass is 10.0. The van der Waals surface area contributed by atoms with E-state index in [4.69, 9.17) is 5.84 Å². The van der Waals surface area contributed by atoms with Crippen LogP contribution in [0.4, 0.5) is 0 Å². The van der Waals surface area contributed by atoms with E-state index in [1.54, 1.807) is 0 Å². The zero-order valence-corrected chi connectivity index (χ0v) is 11.1. The number of hydrazine groups is 1. The molecular formula is C10H24N4S. The van der Waals surface area contributed by atoms with Crippen molar-refractivity contribution in [2.24, 2.45) is 10.8 Å². The molecule has 0 aromatic rings. The van der Waals surface area contributed by atoms with Crippen molar-refractivity contribution in [3.8, 4) is 0 Å². The highest BCUT2D eigenvalue weighted by molar-refractivity contribution is 8.00. The third-order valence-corrected chi connectivity index (χ3v) is 4.30. The van der Waals surface area contributed by atoms with Gasteiger partial charge < -0.3 is 5.32 Å². The summed E-state index contributed by atoms with van der Waals surface area (Å²) in [6.07, 6.45) is 4.39. The second kappa shape index (κ2) is 7.82. The smallest absolute Gasteiger partial charge is 0.205 e. The topological polar surface area (TPSA) is 62.4 Å². The Labute approximate surface area is 97.5 Å². The van der Waals surface area contributed by atoms with E-state index in [1.807, 2.05) is 18.7 Å². The lowest BCUT2D eigenvalue weighted by molar-refractivity contribution is 0.558. The van der Waals surface area contributed by atoms with Crippen molar-refractivity contribution in [3.63, 3.8) is 0 Å². The summed E-state index contributed by atoms with van der Waals surface area (Å²) in [6.45, 7) is 8.06. The minimum absolute atomic E-state index is 0.248. The first kappa shape index (κ1) is 14.6. The molecule has 4 nitrogen and oxygen atoms in total. The van der Waals surface area contributed by atoms with E-state index in [1.165, 1.54) is 0 Å². The molecule has 0 amide bonds. The lowest BCUT2D eigenvalue weighted by Crippen LogP contribution is -2.42. The number of aliphatic imine (C=N–C) groups is 1. The van der Waals surface area contributed by atoms with Crippen molar-refractivity contribution in [2.75, 3.05) is 19.3 Å². The monoisotopic (exact) mass is 232 g/mol. The van der Waals surface area contributed by atoms with Crippen molar-refractivity contribution in [3.05, 3.63) is 0 Å². The predicted octanol–water partition coefficient (Wildman–Crippen LogP) is 1.34. The number of guanidine groups is 1. The molecule has 0 spiro atoms. The number of rotatable bonds is 6. The molecule has 0 saturated carbocycles. The molecule has 0 fully saturated rings. The first-order chi connectivity index (χ1) is 7.17. The molecule has 0 rings (SSSR count). The van der Waals surface area contributed by atoms with Gasteiger partial charge in [0.15, 0.2) is 0 Å². The highest BCUT2D eigenvalue weighted by atomic mass is 32.2. The van der Waals surface area contributed by atoms with Crippen LogP contribution in [0.15, 0.2) is 4.99 Å². The van der Waals surface area contributed by atoms with Gasteiger partial charge in [-0.15, -0.1) is 0 Å². The van der Waals surface area contributed by atoms with Crippen LogP contribution in [0, 0.1) is 0 Å². The summed E-state index contributed by atoms with van der Waals surface area (Å²) in [5.41, 5.74) is 2.58. The minimum Gasteiger partial charge on any atom is -0.356 e. The van der Waals surface area contributed by atoms with E-state index in [2.05, 4.69) is 35.8 Å². The Bertz CT molecular complexity index is 182. The van der Waals surface area contributed by atoms with Crippen LogP contribution in [-0.4, -0.2) is 30.1 Å². The van der Waals surface area contributed by atoms with Crippen molar-refractivity contribution in [1.82, 2.24) is 10.7 Å². The van der Waals surface area contributed by atoms with Crippen LogP contribution in [-0.2, 0) is 0 Å². The minimum atomic E-state index is 0.248. The van der Waals surface area contributed by atoms with Crippen molar-refractivity contribution < 1.29 is 0 Å². The normalized spacial score (nSPS) is 12.7. The third-order valence-electron chi connectivity index (χ3n) is 2.73.